The fourth-order valence-electron chi connectivity index (χ4n) is 2.84. The van der Waals surface area contributed by atoms with Crippen molar-refractivity contribution in [1.29, 1.82) is 0 Å². The lowest BCUT2D eigenvalue weighted by Crippen LogP contribution is -2.52. The van der Waals surface area contributed by atoms with Crippen LogP contribution in [-0.4, -0.2) is 28.7 Å². The van der Waals surface area contributed by atoms with Gasteiger partial charge in [-0.3, -0.25) is 4.79 Å². The van der Waals surface area contributed by atoms with E-state index in [9.17, 15) is 9.59 Å². The van der Waals surface area contributed by atoms with E-state index in [-0.39, 0.29) is 23.9 Å². The second-order valence-corrected chi connectivity index (χ2v) is 6.40. The number of urea groups is 1. The molecular weight excluding hydrogens is 232 g/mol. The van der Waals surface area contributed by atoms with Crippen LogP contribution < -0.4 is 10.6 Å². The van der Waals surface area contributed by atoms with E-state index in [1.165, 1.54) is 0 Å². The normalized spacial score (nSPS) is 27.6. The number of rotatable bonds is 4. The van der Waals surface area contributed by atoms with Crippen molar-refractivity contribution in [2.45, 2.75) is 64.0 Å². The van der Waals surface area contributed by atoms with Gasteiger partial charge in [0.2, 0.25) is 0 Å². The van der Waals surface area contributed by atoms with Crippen LogP contribution in [0.4, 0.5) is 4.79 Å². The third-order valence-electron chi connectivity index (χ3n) is 4.25. The minimum absolute atomic E-state index is 0.0223. The summed E-state index contributed by atoms with van der Waals surface area (Å²) in [7, 11) is 0. The number of nitrogens with one attached hydrogen (secondary N) is 2. The van der Waals surface area contributed by atoms with E-state index in [1.54, 1.807) is 0 Å². The van der Waals surface area contributed by atoms with Gasteiger partial charge in [-0.2, -0.15) is 0 Å². The molecule has 0 radical (unpaired) electrons. The molecule has 2 aliphatic carbocycles. The van der Waals surface area contributed by atoms with Crippen molar-refractivity contribution in [3.05, 3.63) is 0 Å². The van der Waals surface area contributed by atoms with Gasteiger partial charge in [0.15, 0.2) is 0 Å². The summed E-state index contributed by atoms with van der Waals surface area (Å²) in [5.74, 6) is -0.844. The smallest absolute Gasteiger partial charge is 0.315 e. The molecule has 2 amide bonds. The first-order valence-electron chi connectivity index (χ1n) is 6.64. The minimum atomic E-state index is -0.844. The first-order valence-corrected chi connectivity index (χ1v) is 6.64. The van der Waals surface area contributed by atoms with E-state index in [1.807, 2.05) is 0 Å². The minimum Gasteiger partial charge on any atom is -0.481 e. The molecule has 2 rings (SSSR count). The summed E-state index contributed by atoms with van der Waals surface area (Å²) in [5.41, 5.74) is -0.345. The molecule has 3 N–H and O–H groups in total. The molecule has 1 atom stereocenters. The highest BCUT2D eigenvalue weighted by Gasteiger charge is 2.47. The molecule has 0 aromatic heterocycles. The first-order chi connectivity index (χ1) is 8.33. The fourth-order valence-corrected chi connectivity index (χ4v) is 2.84. The number of hydrogen-bond donors (Lipinski definition) is 3. The molecule has 0 bridgehead atoms. The molecule has 0 aromatic rings. The van der Waals surface area contributed by atoms with Gasteiger partial charge in [0.25, 0.3) is 0 Å². The SMILES string of the molecule is CC1(C)CC1NC(=O)NC1(CC(=O)O)CCCC1. The number of carboxylic acids is 1. The number of hydrogen-bond acceptors (Lipinski definition) is 2. The van der Waals surface area contributed by atoms with Gasteiger partial charge in [-0.25, -0.2) is 4.79 Å². The Morgan fingerprint density at radius 3 is 2.28 bits per heavy atom. The zero-order chi connectivity index (χ0) is 13.4. The highest BCUT2D eigenvalue weighted by molar-refractivity contribution is 5.77. The maximum atomic E-state index is 11.9. The number of carboxylic acid groups (broad SMARTS) is 1. The Balaban J connectivity index is 1.89. The largest absolute Gasteiger partial charge is 0.481 e. The summed E-state index contributed by atoms with van der Waals surface area (Å²) < 4.78 is 0. The number of carbonyl (C=O) groups is 2. The second kappa shape index (κ2) is 4.44. The van der Waals surface area contributed by atoms with Gasteiger partial charge >= 0.3 is 12.0 Å². The summed E-state index contributed by atoms with van der Waals surface area (Å²) in [5, 5.41) is 14.8. The molecule has 2 fully saturated rings. The van der Waals surface area contributed by atoms with Crippen LogP contribution in [0.15, 0.2) is 0 Å². The lowest BCUT2D eigenvalue weighted by Gasteiger charge is -2.28. The average molecular weight is 254 g/mol. The van der Waals surface area contributed by atoms with E-state index in [4.69, 9.17) is 5.11 Å². The zero-order valence-electron chi connectivity index (χ0n) is 11.1. The molecular formula is C13H22N2O3. The standard InChI is InChI=1S/C13H22N2O3/c1-12(2)7-9(12)14-11(18)15-13(8-10(16)17)5-3-4-6-13/h9H,3-8H2,1-2H3,(H,16,17)(H2,14,15,18). The maximum Gasteiger partial charge on any atom is 0.315 e. The number of aliphatic carboxylic acids is 1. The molecule has 0 heterocycles. The topological polar surface area (TPSA) is 78.4 Å². The first kappa shape index (κ1) is 13.2. The lowest BCUT2D eigenvalue weighted by molar-refractivity contribution is -0.138. The third kappa shape index (κ3) is 2.94. The van der Waals surface area contributed by atoms with Crippen molar-refractivity contribution in [3.63, 3.8) is 0 Å². The van der Waals surface area contributed by atoms with Crippen molar-refractivity contribution in [2.75, 3.05) is 0 Å². The van der Waals surface area contributed by atoms with Crippen LogP contribution in [-0.2, 0) is 4.79 Å². The van der Waals surface area contributed by atoms with Crippen LogP contribution in [0, 0.1) is 5.41 Å². The summed E-state index contributed by atoms with van der Waals surface area (Å²) in [4.78, 5) is 22.8. The van der Waals surface area contributed by atoms with Crippen LogP contribution in [0.2, 0.25) is 0 Å². The Morgan fingerprint density at radius 1 is 1.28 bits per heavy atom. The van der Waals surface area contributed by atoms with E-state index in [0.717, 1.165) is 32.1 Å². The molecule has 5 heteroatoms. The molecule has 0 saturated heterocycles. The van der Waals surface area contributed by atoms with Gasteiger partial charge in [0.05, 0.1) is 12.0 Å². The van der Waals surface area contributed by atoms with Crippen molar-refractivity contribution < 1.29 is 14.7 Å². The Bertz CT molecular complexity index is 359. The Kier molecular flexibility index (Phi) is 3.25. The second-order valence-electron chi connectivity index (χ2n) is 6.40. The lowest BCUT2D eigenvalue weighted by atomic mass is 9.93. The van der Waals surface area contributed by atoms with Crippen LogP contribution in [0.1, 0.15) is 52.4 Å². The van der Waals surface area contributed by atoms with Crippen LogP contribution in [0.5, 0.6) is 0 Å². The van der Waals surface area contributed by atoms with Gasteiger partial charge in [0.1, 0.15) is 0 Å². The highest BCUT2D eigenvalue weighted by atomic mass is 16.4. The highest BCUT2D eigenvalue weighted by Crippen LogP contribution is 2.44. The van der Waals surface area contributed by atoms with E-state index in [0.29, 0.717) is 0 Å². The number of carbonyl (C=O) groups excluding carboxylic acids is 1. The van der Waals surface area contributed by atoms with Crippen LogP contribution in [0.25, 0.3) is 0 Å². The summed E-state index contributed by atoms with van der Waals surface area (Å²) >= 11 is 0. The zero-order valence-corrected chi connectivity index (χ0v) is 11.1. The molecule has 1 unspecified atom stereocenters. The fraction of sp³-hybridized carbons (Fsp3) is 0.846. The summed E-state index contributed by atoms with van der Waals surface area (Å²) in [6.45, 7) is 4.22. The Labute approximate surface area is 107 Å². The number of amides is 2. The van der Waals surface area contributed by atoms with E-state index in [2.05, 4.69) is 24.5 Å². The monoisotopic (exact) mass is 254 g/mol. The van der Waals surface area contributed by atoms with E-state index >= 15 is 0 Å². The predicted octanol–water partition coefficient (Wildman–Crippen LogP) is 1.87. The molecule has 102 valence electrons. The van der Waals surface area contributed by atoms with E-state index < -0.39 is 11.5 Å². The maximum absolute atomic E-state index is 11.9. The molecule has 0 aliphatic heterocycles. The van der Waals surface area contributed by atoms with Crippen LogP contribution >= 0.6 is 0 Å². The third-order valence-corrected chi connectivity index (χ3v) is 4.25. The van der Waals surface area contributed by atoms with Gasteiger partial charge in [-0.15, -0.1) is 0 Å². The van der Waals surface area contributed by atoms with Gasteiger partial charge < -0.3 is 15.7 Å². The molecule has 0 spiro atoms. The van der Waals surface area contributed by atoms with Crippen molar-refractivity contribution in [1.82, 2.24) is 10.6 Å². The average Bonchev–Trinajstić information content (AvgIpc) is 2.63. The van der Waals surface area contributed by atoms with Crippen molar-refractivity contribution in [2.24, 2.45) is 5.41 Å². The summed E-state index contributed by atoms with van der Waals surface area (Å²) in [6, 6.07) is 0.00880. The Hall–Kier alpha value is -1.26. The van der Waals surface area contributed by atoms with Gasteiger partial charge in [-0.1, -0.05) is 26.7 Å². The molecule has 5 nitrogen and oxygen atoms in total. The van der Waals surface area contributed by atoms with Gasteiger partial charge in [-0.05, 0) is 24.7 Å². The van der Waals surface area contributed by atoms with Crippen LogP contribution in [0.3, 0.4) is 0 Å². The van der Waals surface area contributed by atoms with Crippen molar-refractivity contribution >= 4 is 12.0 Å². The summed E-state index contributed by atoms with van der Waals surface area (Å²) in [6.07, 6.45) is 4.52. The molecule has 2 aliphatic rings. The van der Waals surface area contributed by atoms with Crippen molar-refractivity contribution in [3.8, 4) is 0 Å². The predicted molar refractivity (Wildman–Crippen MR) is 67.3 cm³/mol. The molecule has 2 saturated carbocycles. The quantitative estimate of drug-likeness (QED) is 0.716. The van der Waals surface area contributed by atoms with Gasteiger partial charge in [0, 0.05) is 6.04 Å². The molecule has 0 aromatic carbocycles. The molecule has 18 heavy (non-hydrogen) atoms. The Morgan fingerprint density at radius 2 is 1.83 bits per heavy atom.